The van der Waals surface area contributed by atoms with E-state index in [0.29, 0.717) is 12.2 Å². The van der Waals surface area contributed by atoms with E-state index in [4.69, 9.17) is 4.98 Å². The molecular weight excluding hydrogens is 362 g/mol. The van der Waals surface area contributed by atoms with Crippen LogP contribution in [0.3, 0.4) is 0 Å². The lowest BCUT2D eigenvalue weighted by Crippen LogP contribution is -2.22. The van der Waals surface area contributed by atoms with E-state index in [-0.39, 0.29) is 0 Å². The number of nitrogens with one attached hydrogen (secondary N) is 2. The molecule has 0 spiro atoms. The first-order chi connectivity index (χ1) is 14.1. The number of anilines is 2. The second-order valence-corrected chi connectivity index (χ2v) is 7.58. The van der Waals surface area contributed by atoms with E-state index in [9.17, 15) is 0 Å². The molecule has 0 atom stereocenters. The maximum absolute atomic E-state index is 5.07. The van der Waals surface area contributed by atoms with Crippen LogP contribution in [0.1, 0.15) is 36.5 Å². The summed E-state index contributed by atoms with van der Waals surface area (Å²) in [7, 11) is 2.12. The molecule has 3 aromatic heterocycles. The van der Waals surface area contributed by atoms with Crippen LogP contribution >= 0.6 is 0 Å². The Morgan fingerprint density at radius 2 is 1.97 bits per heavy atom. The van der Waals surface area contributed by atoms with E-state index in [2.05, 4.69) is 76.2 Å². The number of hydrogen-bond acceptors (Lipinski definition) is 6. The molecule has 0 saturated heterocycles. The molecule has 0 saturated carbocycles. The highest BCUT2D eigenvalue weighted by Crippen LogP contribution is 2.27. The van der Waals surface area contributed by atoms with Crippen LogP contribution in [0.4, 0.5) is 11.6 Å². The molecule has 29 heavy (non-hydrogen) atoms. The maximum Gasteiger partial charge on any atom is 0.182 e. The zero-order valence-electron chi connectivity index (χ0n) is 17.5. The van der Waals surface area contributed by atoms with E-state index >= 15 is 0 Å². The summed E-state index contributed by atoms with van der Waals surface area (Å²) < 4.78 is 0. The molecule has 1 aromatic carbocycles. The molecule has 7 nitrogen and oxygen atoms in total. The largest absolute Gasteiger partial charge is 0.364 e. The SMILES string of the molecule is CCCCN(C)c1nc2c(C)cc(C)cc2cc1CNc1ncnc2nc[nH]c12. The van der Waals surface area contributed by atoms with Gasteiger partial charge in [0.05, 0.1) is 11.8 Å². The Balaban J connectivity index is 1.73. The third-order valence-electron chi connectivity index (χ3n) is 5.19. The predicted octanol–water partition coefficient (Wildman–Crippen LogP) is 4.37. The fraction of sp³-hybridized carbons (Fsp3) is 0.364. The fourth-order valence-electron chi connectivity index (χ4n) is 3.73. The van der Waals surface area contributed by atoms with Crippen LogP contribution in [0.15, 0.2) is 30.9 Å². The van der Waals surface area contributed by atoms with Crippen molar-refractivity contribution in [1.29, 1.82) is 0 Å². The lowest BCUT2D eigenvalue weighted by Gasteiger charge is -2.22. The molecule has 0 aliphatic carbocycles. The third-order valence-corrected chi connectivity index (χ3v) is 5.19. The summed E-state index contributed by atoms with van der Waals surface area (Å²) in [5, 5.41) is 4.61. The summed E-state index contributed by atoms with van der Waals surface area (Å²) in [6, 6.07) is 6.64. The minimum Gasteiger partial charge on any atom is -0.364 e. The van der Waals surface area contributed by atoms with Gasteiger partial charge < -0.3 is 15.2 Å². The highest BCUT2D eigenvalue weighted by atomic mass is 15.2. The van der Waals surface area contributed by atoms with E-state index < -0.39 is 0 Å². The normalized spacial score (nSPS) is 11.3. The summed E-state index contributed by atoms with van der Waals surface area (Å²) in [4.78, 5) is 23.2. The van der Waals surface area contributed by atoms with Crippen LogP contribution in [-0.4, -0.2) is 38.5 Å². The van der Waals surface area contributed by atoms with Crippen molar-refractivity contribution in [1.82, 2.24) is 24.9 Å². The number of hydrogen-bond donors (Lipinski definition) is 2. The molecule has 4 aromatic rings. The third kappa shape index (κ3) is 3.85. The Kier molecular flexibility index (Phi) is 5.29. The fourth-order valence-corrected chi connectivity index (χ4v) is 3.73. The summed E-state index contributed by atoms with van der Waals surface area (Å²) in [6.45, 7) is 8.06. The summed E-state index contributed by atoms with van der Waals surface area (Å²) in [5.74, 6) is 1.76. The van der Waals surface area contributed by atoms with Gasteiger partial charge in [-0.05, 0) is 38.0 Å². The minimum atomic E-state index is 0.618. The van der Waals surface area contributed by atoms with Gasteiger partial charge in [-0.2, -0.15) is 0 Å². The Hall–Kier alpha value is -3.22. The number of rotatable bonds is 7. The lowest BCUT2D eigenvalue weighted by molar-refractivity contribution is 0.757. The predicted molar refractivity (Wildman–Crippen MR) is 118 cm³/mol. The van der Waals surface area contributed by atoms with Crippen LogP contribution in [-0.2, 0) is 6.54 Å². The number of fused-ring (bicyclic) bond motifs is 2. The molecular formula is C22H27N7. The van der Waals surface area contributed by atoms with Crippen LogP contribution in [0.2, 0.25) is 0 Å². The van der Waals surface area contributed by atoms with Gasteiger partial charge >= 0.3 is 0 Å². The zero-order valence-corrected chi connectivity index (χ0v) is 17.5. The van der Waals surface area contributed by atoms with Crippen molar-refractivity contribution in [3.05, 3.63) is 47.5 Å². The van der Waals surface area contributed by atoms with Crippen molar-refractivity contribution in [3.8, 4) is 0 Å². The van der Waals surface area contributed by atoms with Crippen molar-refractivity contribution in [2.24, 2.45) is 0 Å². The summed E-state index contributed by atoms with van der Waals surface area (Å²) in [5.41, 5.74) is 6.14. The molecule has 0 bridgehead atoms. The van der Waals surface area contributed by atoms with Gasteiger partial charge in [0.1, 0.15) is 17.7 Å². The highest BCUT2D eigenvalue weighted by molar-refractivity contribution is 5.86. The number of imidazole rings is 1. The first-order valence-electron chi connectivity index (χ1n) is 10.1. The molecule has 150 valence electrons. The average molecular weight is 390 g/mol. The Morgan fingerprint density at radius 1 is 1.10 bits per heavy atom. The number of H-pyrrole nitrogens is 1. The van der Waals surface area contributed by atoms with Gasteiger partial charge in [0, 0.05) is 31.1 Å². The average Bonchev–Trinajstić information content (AvgIpc) is 3.19. The van der Waals surface area contributed by atoms with Gasteiger partial charge in [0.2, 0.25) is 0 Å². The van der Waals surface area contributed by atoms with Gasteiger partial charge in [-0.15, -0.1) is 0 Å². The van der Waals surface area contributed by atoms with Crippen LogP contribution in [0.25, 0.3) is 22.1 Å². The van der Waals surface area contributed by atoms with E-state index in [1.54, 1.807) is 6.33 Å². The first kappa shape index (κ1) is 19.1. The van der Waals surface area contributed by atoms with Gasteiger partial charge in [-0.1, -0.05) is 25.0 Å². The number of aromatic nitrogens is 5. The summed E-state index contributed by atoms with van der Waals surface area (Å²) in [6.07, 6.45) is 5.46. The van der Waals surface area contributed by atoms with E-state index in [1.165, 1.54) is 22.8 Å². The molecule has 0 aliphatic rings. The lowest BCUT2D eigenvalue weighted by atomic mass is 10.0. The second kappa shape index (κ2) is 8.03. The van der Waals surface area contributed by atoms with E-state index in [1.807, 2.05) is 0 Å². The van der Waals surface area contributed by atoms with Crippen molar-refractivity contribution < 1.29 is 0 Å². The molecule has 4 rings (SSSR count). The molecule has 0 unspecified atom stereocenters. The zero-order chi connectivity index (χ0) is 20.4. The molecule has 7 heteroatoms. The van der Waals surface area contributed by atoms with Crippen molar-refractivity contribution in [2.75, 3.05) is 23.8 Å². The van der Waals surface area contributed by atoms with Crippen LogP contribution < -0.4 is 10.2 Å². The number of aryl methyl sites for hydroxylation is 2. The number of unbranched alkanes of at least 4 members (excludes halogenated alkanes) is 1. The standard InChI is InChI=1S/C22H27N7/c1-5-6-7-29(4)22-17(10-16-9-14(2)8-15(3)18(16)28-22)11-23-20-19-21(25-12-24-19)27-13-26-20/h8-10,12-13H,5-7,11H2,1-4H3,(H2,23,24,25,26,27). The van der Waals surface area contributed by atoms with Crippen molar-refractivity contribution in [2.45, 2.75) is 40.2 Å². The molecule has 0 fully saturated rings. The molecule has 2 N–H and O–H groups in total. The second-order valence-electron chi connectivity index (χ2n) is 7.58. The van der Waals surface area contributed by atoms with Gasteiger partial charge in [-0.25, -0.2) is 19.9 Å². The smallest absolute Gasteiger partial charge is 0.182 e. The van der Waals surface area contributed by atoms with Gasteiger partial charge in [0.25, 0.3) is 0 Å². The number of aromatic amines is 1. The Morgan fingerprint density at radius 3 is 2.79 bits per heavy atom. The quantitative estimate of drug-likeness (QED) is 0.488. The van der Waals surface area contributed by atoms with Crippen LogP contribution in [0.5, 0.6) is 0 Å². The van der Waals surface area contributed by atoms with Crippen LogP contribution in [0, 0.1) is 13.8 Å². The molecule has 0 radical (unpaired) electrons. The Labute approximate surface area is 170 Å². The molecule has 0 aliphatic heterocycles. The maximum atomic E-state index is 5.07. The monoisotopic (exact) mass is 389 g/mol. The molecule has 0 amide bonds. The minimum absolute atomic E-state index is 0.618. The number of benzene rings is 1. The van der Waals surface area contributed by atoms with Gasteiger partial charge in [0.15, 0.2) is 11.5 Å². The van der Waals surface area contributed by atoms with Crippen molar-refractivity contribution in [3.63, 3.8) is 0 Å². The Bertz CT molecular complexity index is 1150. The summed E-state index contributed by atoms with van der Waals surface area (Å²) >= 11 is 0. The van der Waals surface area contributed by atoms with Crippen molar-refractivity contribution >= 4 is 33.7 Å². The van der Waals surface area contributed by atoms with E-state index in [0.717, 1.165) is 47.6 Å². The molecule has 3 heterocycles. The number of pyridine rings is 1. The number of nitrogens with zero attached hydrogens (tertiary/aromatic N) is 5. The van der Waals surface area contributed by atoms with Gasteiger partial charge in [-0.3, -0.25) is 0 Å². The first-order valence-corrected chi connectivity index (χ1v) is 10.1. The topological polar surface area (TPSA) is 82.6 Å². The highest BCUT2D eigenvalue weighted by Gasteiger charge is 2.14.